The highest BCUT2D eigenvalue weighted by Crippen LogP contribution is 2.11. The molecular weight excluding hydrogens is 184 g/mol. The molecule has 1 nitrogen and oxygen atoms in total. The first-order chi connectivity index (χ1) is 7.43. The Labute approximate surface area is 94.6 Å². The molecule has 0 aromatic carbocycles. The van der Waals surface area contributed by atoms with Crippen LogP contribution >= 0.6 is 0 Å². The summed E-state index contributed by atoms with van der Waals surface area (Å²) in [6.07, 6.45) is 11.8. The number of hydrogen-bond acceptors (Lipinski definition) is 1. The van der Waals surface area contributed by atoms with Gasteiger partial charge in [-0.3, -0.25) is 0 Å². The van der Waals surface area contributed by atoms with Gasteiger partial charge in [0.05, 0.1) is 0 Å². The lowest BCUT2D eigenvalue weighted by molar-refractivity contribution is 0.152. The van der Waals surface area contributed by atoms with E-state index < -0.39 is 0 Å². The number of unbranched alkanes of at least 4 members (excludes halogenated alkanes) is 6. The molecule has 1 rings (SSSR count). The Morgan fingerprint density at radius 1 is 1.13 bits per heavy atom. The van der Waals surface area contributed by atoms with Crippen molar-refractivity contribution in [3.05, 3.63) is 0 Å². The van der Waals surface area contributed by atoms with E-state index in [0.29, 0.717) is 0 Å². The molecule has 1 atom stereocenters. The SMILES string of the molecule is CCCCCCCCC#CC1CCCO1. The summed E-state index contributed by atoms with van der Waals surface area (Å²) in [6, 6.07) is 0. The standard InChI is InChI=1S/C14H24O/c1-2-3-4-5-6-7-8-9-11-14-12-10-13-15-14/h14H,2-8,10,12-13H2,1H3. The largest absolute Gasteiger partial charge is 0.366 e. The molecule has 0 aromatic heterocycles. The van der Waals surface area contributed by atoms with Crippen molar-refractivity contribution >= 4 is 0 Å². The van der Waals surface area contributed by atoms with Gasteiger partial charge in [-0.15, -0.1) is 5.92 Å². The summed E-state index contributed by atoms with van der Waals surface area (Å²) < 4.78 is 5.44. The zero-order valence-corrected chi connectivity index (χ0v) is 10.1. The first kappa shape index (κ1) is 12.6. The van der Waals surface area contributed by atoms with E-state index in [9.17, 15) is 0 Å². The second-order valence-electron chi connectivity index (χ2n) is 4.34. The Morgan fingerprint density at radius 3 is 2.67 bits per heavy atom. The fraction of sp³-hybridized carbons (Fsp3) is 0.857. The fourth-order valence-electron chi connectivity index (χ4n) is 1.87. The van der Waals surface area contributed by atoms with Crippen molar-refractivity contribution < 1.29 is 4.74 Å². The molecule has 1 fully saturated rings. The van der Waals surface area contributed by atoms with Gasteiger partial charge < -0.3 is 4.74 Å². The van der Waals surface area contributed by atoms with Crippen LogP contribution in [0.5, 0.6) is 0 Å². The Balaban J connectivity index is 1.87. The Hall–Kier alpha value is -0.480. The molecule has 0 spiro atoms. The van der Waals surface area contributed by atoms with Crippen molar-refractivity contribution in [3.63, 3.8) is 0 Å². The Kier molecular flexibility index (Phi) is 7.38. The Bertz CT molecular complexity index is 193. The van der Waals surface area contributed by atoms with Crippen molar-refractivity contribution in [2.75, 3.05) is 6.61 Å². The fourth-order valence-corrected chi connectivity index (χ4v) is 1.87. The van der Waals surface area contributed by atoms with E-state index in [2.05, 4.69) is 18.8 Å². The van der Waals surface area contributed by atoms with Gasteiger partial charge in [0.25, 0.3) is 0 Å². The minimum Gasteiger partial charge on any atom is -0.366 e. The van der Waals surface area contributed by atoms with Crippen LogP contribution in [0.2, 0.25) is 0 Å². The molecule has 0 aromatic rings. The lowest BCUT2D eigenvalue weighted by atomic mass is 10.1. The van der Waals surface area contributed by atoms with Gasteiger partial charge in [0.1, 0.15) is 6.10 Å². The van der Waals surface area contributed by atoms with Crippen LogP contribution in [0.25, 0.3) is 0 Å². The number of hydrogen-bond donors (Lipinski definition) is 0. The molecule has 15 heavy (non-hydrogen) atoms. The average molecular weight is 208 g/mol. The highest BCUT2D eigenvalue weighted by molar-refractivity contribution is 5.06. The van der Waals surface area contributed by atoms with Gasteiger partial charge in [-0.1, -0.05) is 44.9 Å². The molecule has 0 radical (unpaired) electrons. The molecule has 1 aliphatic rings. The maximum absolute atomic E-state index is 5.44. The third-order valence-corrected chi connectivity index (χ3v) is 2.85. The van der Waals surface area contributed by atoms with Crippen LogP contribution in [0.1, 0.15) is 64.7 Å². The third kappa shape index (κ3) is 6.57. The maximum Gasteiger partial charge on any atom is 0.118 e. The molecule has 1 heteroatoms. The first-order valence-corrected chi connectivity index (χ1v) is 6.53. The van der Waals surface area contributed by atoms with Crippen LogP contribution in [0.4, 0.5) is 0 Å². The molecule has 1 aliphatic heterocycles. The van der Waals surface area contributed by atoms with Gasteiger partial charge in [0.2, 0.25) is 0 Å². The molecule has 0 amide bonds. The van der Waals surface area contributed by atoms with Crippen molar-refractivity contribution in [2.45, 2.75) is 70.8 Å². The van der Waals surface area contributed by atoms with Crippen molar-refractivity contribution in [1.82, 2.24) is 0 Å². The molecule has 0 bridgehead atoms. The quantitative estimate of drug-likeness (QED) is 0.475. The number of rotatable bonds is 6. The number of ether oxygens (including phenoxy) is 1. The minimum atomic E-state index is 0.255. The predicted molar refractivity (Wildman–Crippen MR) is 64.7 cm³/mol. The van der Waals surface area contributed by atoms with Crippen molar-refractivity contribution in [2.24, 2.45) is 0 Å². The molecule has 1 unspecified atom stereocenters. The van der Waals surface area contributed by atoms with Gasteiger partial charge in [-0.2, -0.15) is 0 Å². The molecule has 0 aliphatic carbocycles. The third-order valence-electron chi connectivity index (χ3n) is 2.85. The normalized spacial score (nSPS) is 19.9. The summed E-state index contributed by atoms with van der Waals surface area (Å²) in [5.74, 6) is 6.45. The monoisotopic (exact) mass is 208 g/mol. The van der Waals surface area contributed by atoms with Crippen LogP contribution in [0, 0.1) is 11.8 Å². The molecule has 1 heterocycles. The van der Waals surface area contributed by atoms with E-state index in [1.165, 1.54) is 44.9 Å². The predicted octanol–water partition coefficient (Wildman–Crippen LogP) is 3.92. The van der Waals surface area contributed by atoms with E-state index in [1.54, 1.807) is 0 Å². The van der Waals surface area contributed by atoms with E-state index >= 15 is 0 Å². The smallest absolute Gasteiger partial charge is 0.118 e. The molecule has 0 N–H and O–H groups in total. The summed E-state index contributed by atoms with van der Waals surface area (Å²) in [5.41, 5.74) is 0. The average Bonchev–Trinajstić information content (AvgIpc) is 2.75. The minimum absolute atomic E-state index is 0.255. The Morgan fingerprint density at radius 2 is 1.93 bits per heavy atom. The summed E-state index contributed by atoms with van der Waals surface area (Å²) in [6.45, 7) is 3.17. The lowest BCUT2D eigenvalue weighted by Gasteiger charge is -1.98. The van der Waals surface area contributed by atoms with Crippen LogP contribution < -0.4 is 0 Å². The van der Waals surface area contributed by atoms with E-state index in [-0.39, 0.29) is 6.10 Å². The van der Waals surface area contributed by atoms with Gasteiger partial charge >= 0.3 is 0 Å². The van der Waals surface area contributed by atoms with Gasteiger partial charge in [0, 0.05) is 13.0 Å². The second-order valence-corrected chi connectivity index (χ2v) is 4.34. The molecule has 0 saturated carbocycles. The highest BCUT2D eigenvalue weighted by atomic mass is 16.5. The maximum atomic E-state index is 5.44. The van der Waals surface area contributed by atoms with Crippen molar-refractivity contribution in [3.8, 4) is 11.8 Å². The topological polar surface area (TPSA) is 9.23 Å². The van der Waals surface area contributed by atoms with Crippen LogP contribution in [-0.4, -0.2) is 12.7 Å². The lowest BCUT2D eigenvalue weighted by Crippen LogP contribution is -1.99. The van der Waals surface area contributed by atoms with E-state index in [1.807, 2.05) is 0 Å². The summed E-state index contributed by atoms with van der Waals surface area (Å²) in [4.78, 5) is 0. The summed E-state index contributed by atoms with van der Waals surface area (Å²) >= 11 is 0. The van der Waals surface area contributed by atoms with E-state index in [4.69, 9.17) is 4.74 Å². The van der Waals surface area contributed by atoms with Gasteiger partial charge in [0.15, 0.2) is 0 Å². The van der Waals surface area contributed by atoms with Crippen molar-refractivity contribution in [1.29, 1.82) is 0 Å². The van der Waals surface area contributed by atoms with E-state index in [0.717, 1.165) is 19.4 Å². The molecule has 1 saturated heterocycles. The summed E-state index contributed by atoms with van der Waals surface area (Å²) in [5, 5.41) is 0. The molecule has 86 valence electrons. The van der Waals surface area contributed by atoms with Crippen LogP contribution in [-0.2, 0) is 4.74 Å². The summed E-state index contributed by atoms with van der Waals surface area (Å²) in [7, 11) is 0. The van der Waals surface area contributed by atoms with Crippen LogP contribution in [0.15, 0.2) is 0 Å². The van der Waals surface area contributed by atoms with Crippen LogP contribution in [0.3, 0.4) is 0 Å². The van der Waals surface area contributed by atoms with Gasteiger partial charge in [-0.25, -0.2) is 0 Å². The van der Waals surface area contributed by atoms with Gasteiger partial charge in [-0.05, 0) is 19.3 Å². The molecular formula is C14H24O. The zero-order valence-electron chi connectivity index (χ0n) is 10.1. The zero-order chi connectivity index (χ0) is 10.8. The first-order valence-electron chi connectivity index (χ1n) is 6.53. The highest BCUT2D eigenvalue weighted by Gasteiger charge is 2.11. The second kappa shape index (κ2) is 8.80.